The molecule has 0 radical (unpaired) electrons. The van der Waals surface area contributed by atoms with Crippen LogP contribution in [0, 0.1) is 0 Å². The van der Waals surface area contributed by atoms with Crippen LogP contribution in [0.1, 0.15) is 51.1 Å². The molecule has 0 amide bonds. The van der Waals surface area contributed by atoms with Crippen molar-refractivity contribution < 1.29 is 24.2 Å². The predicted octanol–water partition coefficient (Wildman–Crippen LogP) is 5.19. The Balaban J connectivity index is 1.53. The number of carbonyl (C=O) groups excluding carboxylic acids is 2. The Morgan fingerprint density at radius 3 is 2.36 bits per heavy atom. The molecule has 168 valence electrons. The lowest BCUT2D eigenvalue weighted by molar-refractivity contribution is 0.0598. The summed E-state index contributed by atoms with van der Waals surface area (Å²) >= 11 is 0. The molecule has 1 aliphatic carbocycles. The van der Waals surface area contributed by atoms with Crippen LogP contribution in [0.4, 0.5) is 0 Å². The third kappa shape index (κ3) is 4.73. The SMILES string of the molecule is COC(=O)c1ccc(C=C2C(=O)c3ccccc3C2(O)CCCCOc2ccccc2)cc1. The minimum atomic E-state index is -1.37. The van der Waals surface area contributed by atoms with E-state index in [1.165, 1.54) is 7.11 Å². The van der Waals surface area contributed by atoms with E-state index in [9.17, 15) is 14.7 Å². The van der Waals surface area contributed by atoms with Gasteiger partial charge in [-0.2, -0.15) is 0 Å². The maximum Gasteiger partial charge on any atom is 0.337 e. The molecule has 0 fully saturated rings. The van der Waals surface area contributed by atoms with Gasteiger partial charge >= 0.3 is 5.97 Å². The van der Waals surface area contributed by atoms with Crippen LogP contribution in [-0.4, -0.2) is 30.6 Å². The molecule has 5 heteroatoms. The van der Waals surface area contributed by atoms with Crippen LogP contribution < -0.4 is 4.74 Å². The second-order valence-electron chi connectivity index (χ2n) is 8.03. The first-order valence-electron chi connectivity index (χ1n) is 11.0. The third-order valence-electron chi connectivity index (χ3n) is 5.90. The normalized spacial score (nSPS) is 18.2. The number of aliphatic hydroxyl groups is 1. The molecule has 1 unspecified atom stereocenters. The van der Waals surface area contributed by atoms with Crippen molar-refractivity contribution in [3.8, 4) is 5.75 Å². The second-order valence-corrected chi connectivity index (χ2v) is 8.03. The van der Waals surface area contributed by atoms with E-state index in [-0.39, 0.29) is 5.78 Å². The average Bonchev–Trinajstić information content (AvgIpc) is 3.06. The van der Waals surface area contributed by atoms with Gasteiger partial charge in [-0.05, 0) is 60.7 Å². The molecule has 0 bridgehead atoms. The number of hydrogen-bond acceptors (Lipinski definition) is 5. The third-order valence-corrected chi connectivity index (χ3v) is 5.90. The average molecular weight is 443 g/mol. The fraction of sp³-hybridized carbons (Fsp3) is 0.214. The lowest BCUT2D eigenvalue weighted by atomic mass is 9.86. The highest BCUT2D eigenvalue weighted by Gasteiger charge is 2.45. The van der Waals surface area contributed by atoms with Crippen molar-refractivity contribution in [2.75, 3.05) is 13.7 Å². The number of benzene rings is 3. The summed E-state index contributed by atoms with van der Waals surface area (Å²) in [5.41, 5.74) is 1.29. The van der Waals surface area contributed by atoms with Crippen molar-refractivity contribution in [1.29, 1.82) is 0 Å². The maximum absolute atomic E-state index is 13.2. The number of para-hydroxylation sites is 1. The molecule has 0 spiro atoms. The van der Waals surface area contributed by atoms with Crippen LogP contribution in [0.3, 0.4) is 0 Å². The Hall–Kier alpha value is -3.70. The van der Waals surface area contributed by atoms with Gasteiger partial charge in [0, 0.05) is 11.1 Å². The van der Waals surface area contributed by atoms with Crippen LogP contribution in [0.5, 0.6) is 5.75 Å². The fourth-order valence-corrected chi connectivity index (χ4v) is 4.16. The number of carbonyl (C=O) groups is 2. The van der Waals surface area contributed by atoms with Gasteiger partial charge in [-0.3, -0.25) is 4.79 Å². The molecule has 1 N–H and O–H groups in total. The van der Waals surface area contributed by atoms with Gasteiger partial charge in [-0.25, -0.2) is 4.79 Å². The zero-order valence-electron chi connectivity index (χ0n) is 18.5. The highest BCUT2D eigenvalue weighted by atomic mass is 16.5. The highest BCUT2D eigenvalue weighted by molar-refractivity contribution is 6.17. The zero-order valence-corrected chi connectivity index (χ0v) is 18.5. The van der Waals surface area contributed by atoms with Gasteiger partial charge in [0.2, 0.25) is 0 Å². The van der Waals surface area contributed by atoms with Gasteiger partial charge in [0.05, 0.1) is 19.3 Å². The van der Waals surface area contributed by atoms with E-state index in [4.69, 9.17) is 9.47 Å². The number of ketones is 1. The summed E-state index contributed by atoms with van der Waals surface area (Å²) < 4.78 is 10.5. The van der Waals surface area contributed by atoms with E-state index in [0.717, 1.165) is 17.7 Å². The van der Waals surface area contributed by atoms with Gasteiger partial charge in [-0.1, -0.05) is 54.6 Å². The Labute approximate surface area is 193 Å². The topological polar surface area (TPSA) is 72.8 Å². The van der Waals surface area contributed by atoms with Gasteiger partial charge < -0.3 is 14.6 Å². The van der Waals surface area contributed by atoms with Crippen molar-refractivity contribution in [3.05, 3.63) is 107 Å². The lowest BCUT2D eigenvalue weighted by Gasteiger charge is -2.25. The Morgan fingerprint density at radius 1 is 0.939 bits per heavy atom. The van der Waals surface area contributed by atoms with Gasteiger partial charge in [-0.15, -0.1) is 0 Å². The predicted molar refractivity (Wildman–Crippen MR) is 126 cm³/mol. The number of Topliss-reactive ketones (excluding diaryl/α,β-unsaturated/α-hetero) is 1. The van der Waals surface area contributed by atoms with Crippen molar-refractivity contribution in [2.45, 2.75) is 24.9 Å². The van der Waals surface area contributed by atoms with E-state index >= 15 is 0 Å². The minimum absolute atomic E-state index is 0.175. The molecular weight excluding hydrogens is 416 g/mol. The number of esters is 1. The number of methoxy groups -OCH3 is 1. The van der Waals surface area contributed by atoms with Crippen molar-refractivity contribution in [3.63, 3.8) is 0 Å². The van der Waals surface area contributed by atoms with E-state index in [1.54, 1.807) is 42.5 Å². The lowest BCUT2D eigenvalue weighted by Crippen LogP contribution is -2.26. The molecule has 0 aliphatic heterocycles. The standard InChI is InChI=1S/C28H26O5/c1-32-27(30)21-15-13-20(14-16-21)19-25-26(29)23-11-5-6-12-24(23)28(25,31)17-7-8-18-33-22-9-3-2-4-10-22/h2-6,9-16,19,31H,7-8,17-18H2,1H3. The van der Waals surface area contributed by atoms with Crippen LogP contribution in [0.25, 0.3) is 6.08 Å². The van der Waals surface area contributed by atoms with Crippen molar-refractivity contribution >= 4 is 17.8 Å². The molecule has 0 heterocycles. The Bertz CT molecular complexity index is 1160. The number of fused-ring (bicyclic) bond motifs is 1. The molecule has 3 aromatic carbocycles. The van der Waals surface area contributed by atoms with Crippen LogP contribution in [0.2, 0.25) is 0 Å². The number of hydrogen-bond donors (Lipinski definition) is 1. The molecule has 3 aromatic rings. The summed E-state index contributed by atoms with van der Waals surface area (Å²) in [6, 6.07) is 23.6. The fourth-order valence-electron chi connectivity index (χ4n) is 4.16. The molecule has 4 rings (SSSR count). The van der Waals surface area contributed by atoms with Gasteiger partial charge in [0.1, 0.15) is 11.4 Å². The van der Waals surface area contributed by atoms with Crippen LogP contribution in [-0.2, 0) is 10.3 Å². The Kier molecular flexibility index (Phi) is 6.71. The Morgan fingerprint density at radius 2 is 1.64 bits per heavy atom. The molecule has 33 heavy (non-hydrogen) atoms. The van der Waals surface area contributed by atoms with Crippen LogP contribution >= 0.6 is 0 Å². The molecule has 0 aromatic heterocycles. The number of rotatable bonds is 8. The second kappa shape index (κ2) is 9.84. The number of unbranched alkanes of at least 4 members (excludes halogenated alkanes) is 1. The summed E-state index contributed by atoms with van der Waals surface area (Å²) in [6.45, 7) is 0.531. The molecule has 5 nitrogen and oxygen atoms in total. The summed E-state index contributed by atoms with van der Waals surface area (Å²) in [7, 11) is 1.33. The molecule has 1 aliphatic rings. The molecular formula is C28H26O5. The largest absolute Gasteiger partial charge is 0.494 e. The maximum atomic E-state index is 13.2. The summed E-state index contributed by atoms with van der Waals surface area (Å²) in [4.78, 5) is 24.9. The van der Waals surface area contributed by atoms with E-state index in [0.29, 0.717) is 41.7 Å². The number of ether oxygens (including phenoxy) is 2. The molecule has 0 saturated carbocycles. The summed E-state index contributed by atoms with van der Waals surface area (Å²) in [6.07, 6.45) is 3.54. The van der Waals surface area contributed by atoms with Gasteiger partial charge in [0.25, 0.3) is 0 Å². The first-order chi connectivity index (χ1) is 16.0. The molecule has 0 saturated heterocycles. The minimum Gasteiger partial charge on any atom is -0.494 e. The smallest absolute Gasteiger partial charge is 0.337 e. The van der Waals surface area contributed by atoms with Crippen molar-refractivity contribution in [1.82, 2.24) is 0 Å². The van der Waals surface area contributed by atoms with E-state index in [1.807, 2.05) is 42.5 Å². The van der Waals surface area contributed by atoms with Gasteiger partial charge in [0.15, 0.2) is 5.78 Å². The van der Waals surface area contributed by atoms with E-state index in [2.05, 4.69) is 0 Å². The first-order valence-corrected chi connectivity index (χ1v) is 11.0. The monoisotopic (exact) mass is 442 g/mol. The first kappa shape index (κ1) is 22.5. The quantitative estimate of drug-likeness (QED) is 0.295. The molecule has 1 atom stereocenters. The summed E-state index contributed by atoms with van der Waals surface area (Å²) in [5.74, 6) is 0.215. The summed E-state index contributed by atoms with van der Waals surface area (Å²) in [5, 5.41) is 11.7. The van der Waals surface area contributed by atoms with E-state index < -0.39 is 11.6 Å². The van der Waals surface area contributed by atoms with Crippen molar-refractivity contribution in [2.24, 2.45) is 0 Å². The highest BCUT2D eigenvalue weighted by Crippen LogP contribution is 2.45. The zero-order chi connectivity index (χ0) is 23.3. The van der Waals surface area contributed by atoms with Crippen LogP contribution in [0.15, 0.2) is 84.4 Å².